The van der Waals surface area contributed by atoms with Gasteiger partial charge in [0.25, 0.3) is 0 Å². The summed E-state index contributed by atoms with van der Waals surface area (Å²) in [5.74, 6) is -24.3. The van der Waals surface area contributed by atoms with Crippen molar-refractivity contribution in [3.05, 3.63) is 27.7 Å². The number of hydrogen-bond donors (Lipinski definition) is 0. The Labute approximate surface area is 143 Å². The number of rotatable bonds is 5. The van der Waals surface area contributed by atoms with E-state index in [2.05, 4.69) is 4.74 Å². The van der Waals surface area contributed by atoms with E-state index in [0.717, 1.165) is 7.11 Å². The average Bonchev–Trinajstić information content (AvgIpc) is 2.45. The van der Waals surface area contributed by atoms with Crippen molar-refractivity contribution in [3.63, 3.8) is 0 Å². The third kappa shape index (κ3) is 3.35. The van der Waals surface area contributed by atoms with Gasteiger partial charge in [0.05, 0.1) is 17.2 Å². The number of carbonyl (C=O) groups excluding carboxylic acids is 1. The van der Waals surface area contributed by atoms with Crippen molar-refractivity contribution in [2.75, 3.05) is 7.11 Å². The monoisotopic (exact) mass is 422 g/mol. The third-order valence-electron chi connectivity index (χ3n) is 2.92. The molecule has 0 aliphatic heterocycles. The molecule has 0 radical (unpaired) electrons. The molecule has 0 aromatic heterocycles. The Morgan fingerprint density at radius 2 is 1.36 bits per heavy atom. The van der Waals surface area contributed by atoms with Gasteiger partial charge in [-0.05, 0) is 12.1 Å². The zero-order valence-corrected chi connectivity index (χ0v) is 13.1. The van der Waals surface area contributed by atoms with E-state index in [1.165, 1.54) is 0 Å². The lowest BCUT2D eigenvalue weighted by Crippen LogP contribution is -2.63. The number of hydrogen-bond acceptors (Lipinski definition) is 2. The molecule has 0 unspecified atom stereocenters. The van der Waals surface area contributed by atoms with Crippen molar-refractivity contribution in [1.82, 2.24) is 0 Å². The predicted molar refractivity (Wildman–Crippen MR) is 68.2 cm³/mol. The van der Waals surface area contributed by atoms with Crippen molar-refractivity contribution in [2.45, 2.75) is 23.9 Å². The summed E-state index contributed by atoms with van der Waals surface area (Å²) < 4.78 is 120. The van der Waals surface area contributed by atoms with Crippen LogP contribution in [0, 0.1) is 0 Å². The van der Waals surface area contributed by atoms with Crippen LogP contribution in [-0.2, 0) is 0 Å². The number of ether oxygens (including phenoxy) is 1. The summed E-state index contributed by atoms with van der Waals surface area (Å²) in [7, 11) is 0.925. The number of carbonyl (C=O) groups is 1. The van der Waals surface area contributed by atoms with Crippen molar-refractivity contribution in [3.8, 4) is 5.75 Å². The summed E-state index contributed by atoms with van der Waals surface area (Å²) in [5.41, 5.74) is -1.48. The predicted octanol–water partition coefficient (Wildman–Crippen LogP) is 5.65. The van der Waals surface area contributed by atoms with Crippen LogP contribution in [0.4, 0.5) is 39.5 Å². The fourth-order valence-corrected chi connectivity index (χ4v) is 2.09. The summed E-state index contributed by atoms with van der Waals surface area (Å²) in [6, 6.07) is 0.897. The molecule has 25 heavy (non-hydrogen) atoms. The highest BCUT2D eigenvalue weighted by Gasteiger charge is 2.83. The molecule has 0 heterocycles. The highest BCUT2D eigenvalue weighted by molar-refractivity contribution is 6.37. The Kier molecular flexibility index (Phi) is 5.57. The van der Waals surface area contributed by atoms with Crippen LogP contribution in [0.25, 0.3) is 0 Å². The summed E-state index contributed by atoms with van der Waals surface area (Å²) in [5, 5.41) is -1.35. The van der Waals surface area contributed by atoms with Gasteiger partial charge in [-0.15, -0.1) is 0 Å². The number of alkyl halides is 9. The fraction of sp³-hybridized carbons (Fsp3) is 0.417. The Morgan fingerprint density at radius 3 is 1.76 bits per heavy atom. The van der Waals surface area contributed by atoms with E-state index in [4.69, 9.17) is 23.2 Å². The first kappa shape index (κ1) is 21.7. The molecule has 0 N–H and O–H groups in total. The van der Waals surface area contributed by atoms with E-state index in [1.807, 2.05) is 0 Å². The maximum atomic E-state index is 13.6. The zero-order valence-electron chi connectivity index (χ0n) is 11.6. The highest BCUT2D eigenvalue weighted by atomic mass is 35.5. The lowest BCUT2D eigenvalue weighted by molar-refractivity contribution is -0.386. The normalized spacial score (nSPS) is 13.8. The molecule has 0 fully saturated rings. The molecular weight excluding hydrogens is 418 g/mol. The first-order valence-corrected chi connectivity index (χ1v) is 6.56. The van der Waals surface area contributed by atoms with Gasteiger partial charge < -0.3 is 4.74 Å². The molecule has 1 aromatic carbocycles. The molecule has 0 amide bonds. The second-order valence-corrected chi connectivity index (χ2v) is 5.33. The van der Waals surface area contributed by atoms with E-state index in [9.17, 15) is 44.3 Å². The van der Waals surface area contributed by atoms with Gasteiger partial charge in [-0.25, -0.2) is 0 Å². The number of benzene rings is 1. The van der Waals surface area contributed by atoms with Gasteiger partial charge in [0.15, 0.2) is 0 Å². The smallest absolute Gasteiger partial charge is 0.460 e. The van der Waals surface area contributed by atoms with Gasteiger partial charge in [0, 0.05) is 5.56 Å². The number of methoxy groups -OCH3 is 1. The van der Waals surface area contributed by atoms with E-state index < -0.39 is 46.1 Å². The molecule has 142 valence electrons. The van der Waals surface area contributed by atoms with Gasteiger partial charge in [0.1, 0.15) is 5.75 Å². The van der Waals surface area contributed by atoms with Crippen LogP contribution in [0.1, 0.15) is 10.4 Å². The van der Waals surface area contributed by atoms with Gasteiger partial charge in [-0.3, -0.25) is 4.79 Å². The standard InChI is InChI=1S/C12H5Cl2F9O2/c1-25-7-2-4(5(13)3-6(7)14)8(24)9(15,16)10(17,18)11(19,20)12(21,22)23/h2-3H,1H3. The van der Waals surface area contributed by atoms with E-state index in [-0.39, 0.29) is 5.02 Å². The van der Waals surface area contributed by atoms with Crippen LogP contribution in [0.15, 0.2) is 12.1 Å². The molecule has 0 saturated heterocycles. The lowest BCUT2D eigenvalue weighted by Gasteiger charge is -2.32. The summed E-state index contributed by atoms with van der Waals surface area (Å²) in [4.78, 5) is 11.6. The molecule has 0 saturated carbocycles. The molecule has 13 heteroatoms. The minimum absolute atomic E-state index is 0.308. The molecular formula is C12H5Cl2F9O2. The van der Waals surface area contributed by atoms with E-state index in [0.29, 0.717) is 12.1 Å². The topological polar surface area (TPSA) is 26.3 Å². The summed E-state index contributed by atoms with van der Waals surface area (Å²) >= 11 is 10.9. The van der Waals surface area contributed by atoms with Gasteiger partial charge >= 0.3 is 23.9 Å². The second-order valence-electron chi connectivity index (χ2n) is 4.52. The quantitative estimate of drug-likeness (QED) is 0.452. The highest BCUT2D eigenvalue weighted by Crippen LogP contribution is 2.54. The maximum absolute atomic E-state index is 13.6. The van der Waals surface area contributed by atoms with Crippen molar-refractivity contribution in [1.29, 1.82) is 0 Å². The summed E-state index contributed by atoms with van der Waals surface area (Å²) in [6.07, 6.45) is -7.04. The average molecular weight is 423 g/mol. The molecule has 0 aliphatic carbocycles. The van der Waals surface area contributed by atoms with Crippen molar-refractivity contribution < 1.29 is 49.0 Å². The Morgan fingerprint density at radius 1 is 0.880 bits per heavy atom. The van der Waals surface area contributed by atoms with Gasteiger partial charge in [-0.1, -0.05) is 23.2 Å². The van der Waals surface area contributed by atoms with Crippen molar-refractivity contribution in [2.24, 2.45) is 0 Å². The van der Waals surface area contributed by atoms with Crippen LogP contribution in [0.5, 0.6) is 5.75 Å². The van der Waals surface area contributed by atoms with Gasteiger partial charge in [-0.2, -0.15) is 39.5 Å². The van der Waals surface area contributed by atoms with Crippen LogP contribution < -0.4 is 4.74 Å². The second kappa shape index (κ2) is 6.42. The zero-order chi connectivity index (χ0) is 20.0. The van der Waals surface area contributed by atoms with Crippen LogP contribution in [0.2, 0.25) is 10.0 Å². The van der Waals surface area contributed by atoms with E-state index >= 15 is 0 Å². The molecule has 2 nitrogen and oxygen atoms in total. The minimum Gasteiger partial charge on any atom is -0.495 e. The van der Waals surface area contributed by atoms with Crippen LogP contribution in [0.3, 0.4) is 0 Å². The van der Waals surface area contributed by atoms with Crippen molar-refractivity contribution >= 4 is 29.0 Å². The summed E-state index contributed by atoms with van der Waals surface area (Å²) in [6.45, 7) is 0. The first-order valence-electron chi connectivity index (χ1n) is 5.80. The molecule has 0 atom stereocenters. The molecule has 0 bridgehead atoms. The lowest BCUT2D eigenvalue weighted by atomic mass is 9.95. The van der Waals surface area contributed by atoms with E-state index in [1.54, 1.807) is 0 Å². The molecule has 1 rings (SSSR count). The number of Topliss-reactive ketones (excluding diaryl/α,β-unsaturated/α-hetero) is 1. The molecule has 1 aromatic rings. The van der Waals surface area contributed by atoms with Gasteiger partial charge in [0.2, 0.25) is 5.78 Å². The third-order valence-corrected chi connectivity index (χ3v) is 3.52. The fourth-order valence-electron chi connectivity index (χ4n) is 1.55. The Hall–Kier alpha value is -1.36. The number of ketones is 1. The Bertz CT molecular complexity index is 686. The largest absolute Gasteiger partial charge is 0.495 e. The first-order chi connectivity index (χ1) is 11.0. The minimum atomic E-state index is -7.19. The SMILES string of the molecule is COc1cc(C(=O)C(F)(F)C(F)(F)C(F)(F)C(F)(F)F)c(Cl)cc1Cl. The Balaban J connectivity index is 3.51. The molecule has 0 spiro atoms. The van der Waals surface area contributed by atoms with Crippen LogP contribution in [-0.4, -0.2) is 36.8 Å². The number of halogens is 11. The molecule has 0 aliphatic rings. The van der Waals surface area contributed by atoms with Crippen LogP contribution >= 0.6 is 23.2 Å². The maximum Gasteiger partial charge on any atom is 0.460 e.